The maximum Gasteiger partial charge on any atom is 0.241 e. The SMILES string of the molecule is CC(C)(C)CC(C[C@@H](I)O[SiH](c1ccccc1)c1ccccc1)OCCI. The Morgan fingerprint density at radius 1 is 0.926 bits per heavy atom. The van der Waals surface area contributed by atoms with Crippen LogP contribution in [-0.2, 0) is 9.16 Å². The number of alkyl halides is 2. The van der Waals surface area contributed by atoms with Gasteiger partial charge in [0.1, 0.15) is 0 Å². The molecule has 2 atom stereocenters. The van der Waals surface area contributed by atoms with Crippen molar-refractivity contribution in [3.63, 3.8) is 0 Å². The normalized spacial score (nSPS) is 14.3. The Hall–Kier alpha value is 0.0369. The van der Waals surface area contributed by atoms with Gasteiger partial charge in [0.05, 0.1) is 16.8 Å². The number of rotatable bonds is 10. The van der Waals surface area contributed by atoms with Crippen molar-refractivity contribution in [1.82, 2.24) is 0 Å². The number of halogens is 2. The van der Waals surface area contributed by atoms with Crippen LogP contribution in [0.4, 0.5) is 0 Å². The minimum Gasteiger partial charge on any atom is -0.399 e. The Labute approximate surface area is 193 Å². The molecule has 2 aromatic rings. The summed E-state index contributed by atoms with van der Waals surface area (Å²) >= 11 is 4.84. The Bertz CT molecular complexity index is 607. The van der Waals surface area contributed by atoms with E-state index in [2.05, 4.69) is 127 Å². The minimum absolute atomic E-state index is 0.140. The zero-order valence-electron chi connectivity index (χ0n) is 16.4. The first-order chi connectivity index (χ1) is 12.9. The van der Waals surface area contributed by atoms with Crippen molar-refractivity contribution in [3.05, 3.63) is 60.7 Å². The van der Waals surface area contributed by atoms with Crippen LogP contribution in [0.2, 0.25) is 0 Å². The standard InChI is InChI=1S/C22H30I2O2Si/c1-22(2,3)17-18(25-15-14-23)16-21(24)26-27(19-10-6-4-7-11-19)20-12-8-5-9-13-20/h4-13,18,21,27H,14-17H2,1-3H3/t18?,21-/m0/s1. The van der Waals surface area contributed by atoms with E-state index in [-0.39, 0.29) is 15.6 Å². The summed E-state index contributed by atoms with van der Waals surface area (Å²) in [6, 6.07) is 21.4. The second-order valence-electron chi connectivity index (χ2n) is 7.93. The lowest BCUT2D eigenvalue weighted by atomic mass is 9.88. The first-order valence-corrected chi connectivity index (χ1v) is 13.9. The largest absolute Gasteiger partial charge is 0.399 e. The molecule has 0 aromatic heterocycles. The zero-order valence-corrected chi connectivity index (χ0v) is 21.9. The fourth-order valence-electron chi connectivity index (χ4n) is 3.12. The predicted octanol–water partition coefficient (Wildman–Crippen LogP) is 4.95. The lowest BCUT2D eigenvalue weighted by Gasteiger charge is -2.29. The summed E-state index contributed by atoms with van der Waals surface area (Å²) < 4.78 is 14.0. The third kappa shape index (κ3) is 8.93. The Kier molecular flexibility index (Phi) is 10.3. The van der Waals surface area contributed by atoms with E-state index in [0.717, 1.165) is 23.9 Å². The summed E-state index contributed by atoms with van der Waals surface area (Å²) in [7, 11) is -1.71. The molecule has 148 valence electrons. The second-order valence-corrected chi connectivity index (χ2v) is 12.8. The van der Waals surface area contributed by atoms with Gasteiger partial charge in [-0.2, -0.15) is 0 Å². The van der Waals surface area contributed by atoms with Gasteiger partial charge >= 0.3 is 0 Å². The van der Waals surface area contributed by atoms with Crippen LogP contribution in [0.1, 0.15) is 33.6 Å². The Morgan fingerprint density at radius 3 is 1.89 bits per heavy atom. The van der Waals surface area contributed by atoms with Gasteiger partial charge in [-0.3, -0.25) is 0 Å². The van der Waals surface area contributed by atoms with Crippen molar-refractivity contribution < 1.29 is 9.16 Å². The molecule has 2 aromatic carbocycles. The van der Waals surface area contributed by atoms with Crippen LogP contribution >= 0.6 is 45.2 Å². The van der Waals surface area contributed by atoms with Gasteiger partial charge in [0.25, 0.3) is 0 Å². The third-order valence-corrected chi connectivity index (χ3v) is 8.59. The van der Waals surface area contributed by atoms with Gasteiger partial charge in [-0.25, -0.2) is 0 Å². The topological polar surface area (TPSA) is 18.5 Å². The van der Waals surface area contributed by atoms with Crippen LogP contribution < -0.4 is 10.4 Å². The Balaban J connectivity index is 2.11. The smallest absolute Gasteiger partial charge is 0.241 e. The highest BCUT2D eigenvalue weighted by Crippen LogP contribution is 2.27. The summed E-state index contributed by atoms with van der Waals surface area (Å²) in [6.07, 6.45) is 2.22. The van der Waals surface area contributed by atoms with E-state index >= 15 is 0 Å². The minimum atomic E-state index is -1.71. The maximum atomic E-state index is 6.69. The molecular weight excluding hydrogens is 578 g/mol. The highest BCUT2D eigenvalue weighted by Gasteiger charge is 2.26. The first-order valence-electron chi connectivity index (χ1n) is 9.46. The van der Waals surface area contributed by atoms with Crippen LogP contribution in [-0.4, -0.2) is 30.3 Å². The zero-order chi connectivity index (χ0) is 19.7. The van der Waals surface area contributed by atoms with Crippen LogP contribution in [0.5, 0.6) is 0 Å². The molecule has 0 aliphatic heterocycles. The lowest BCUT2D eigenvalue weighted by molar-refractivity contribution is 0.0201. The van der Waals surface area contributed by atoms with Crippen LogP contribution in [0, 0.1) is 5.41 Å². The van der Waals surface area contributed by atoms with Crippen LogP contribution in [0.3, 0.4) is 0 Å². The van der Waals surface area contributed by atoms with E-state index in [0.29, 0.717) is 0 Å². The van der Waals surface area contributed by atoms with Crippen molar-refractivity contribution in [2.24, 2.45) is 5.41 Å². The van der Waals surface area contributed by atoms with E-state index in [9.17, 15) is 0 Å². The van der Waals surface area contributed by atoms with Crippen LogP contribution in [0.15, 0.2) is 60.7 Å². The van der Waals surface area contributed by atoms with Crippen molar-refractivity contribution in [2.75, 3.05) is 11.0 Å². The molecule has 5 heteroatoms. The fourth-order valence-corrected chi connectivity index (χ4v) is 7.07. The van der Waals surface area contributed by atoms with Crippen LogP contribution in [0.25, 0.3) is 0 Å². The van der Waals surface area contributed by atoms with Gasteiger partial charge in [0.2, 0.25) is 9.04 Å². The fraction of sp³-hybridized carbons (Fsp3) is 0.455. The van der Waals surface area contributed by atoms with Gasteiger partial charge in [0.15, 0.2) is 0 Å². The van der Waals surface area contributed by atoms with Gasteiger partial charge in [-0.15, -0.1) is 0 Å². The molecule has 0 aliphatic carbocycles. The van der Waals surface area contributed by atoms with Gasteiger partial charge in [-0.1, -0.05) is 127 Å². The van der Waals surface area contributed by atoms with E-state index < -0.39 is 9.04 Å². The molecule has 0 saturated carbocycles. The first kappa shape index (κ1) is 23.3. The molecule has 27 heavy (non-hydrogen) atoms. The molecule has 2 nitrogen and oxygen atoms in total. The third-order valence-electron chi connectivity index (χ3n) is 4.21. The van der Waals surface area contributed by atoms with Gasteiger partial charge < -0.3 is 9.16 Å². The summed E-state index contributed by atoms with van der Waals surface area (Å²) in [4.78, 5) is 0. The summed E-state index contributed by atoms with van der Waals surface area (Å²) in [5, 5.41) is 2.65. The van der Waals surface area contributed by atoms with E-state index in [1.54, 1.807) is 0 Å². The summed E-state index contributed by atoms with van der Waals surface area (Å²) in [5.74, 6) is 0. The molecule has 0 bridgehead atoms. The molecule has 0 heterocycles. The average Bonchev–Trinajstić information content (AvgIpc) is 2.64. The molecule has 0 amide bonds. The van der Waals surface area contributed by atoms with Gasteiger partial charge in [0, 0.05) is 10.8 Å². The number of benzene rings is 2. The quantitative estimate of drug-likeness (QED) is 0.216. The average molecular weight is 608 g/mol. The summed E-state index contributed by atoms with van der Waals surface area (Å²) in [6.45, 7) is 7.65. The van der Waals surface area contributed by atoms with Gasteiger partial charge in [-0.05, 0) is 22.2 Å². The van der Waals surface area contributed by atoms with E-state index in [4.69, 9.17) is 9.16 Å². The molecule has 0 aliphatic rings. The maximum absolute atomic E-state index is 6.69. The highest BCUT2D eigenvalue weighted by atomic mass is 127. The number of ether oxygens (including phenoxy) is 1. The Morgan fingerprint density at radius 2 is 1.44 bits per heavy atom. The molecule has 0 spiro atoms. The molecule has 0 radical (unpaired) electrons. The van der Waals surface area contributed by atoms with Crippen molar-refractivity contribution in [2.45, 2.75) is 43.8 Å². The molecule has 2 rings (SSSR count). The second kappa shape index (κ2) is 11.9. The van der Waals surface area contributed by atoms with Crippen molar-refractivity contribution >= 4 is 64.6 Å². The van der Waals surface area contributed by atoms with E-state index in [1.165, 1.54) is 10.4 Å². The van der Waals surface area contributed by atoms with Crippen molar-refractivity contribution in [1.29, 1.82) is 0 Å². The van der Waals surface area contributed by atoms with Crippen molar-refractivity contribution in [3.8, 4) is 0 Å². The highest BCUT2D eigenvalue weighted by molar-refractivity contribution is 14.1. The van der Waals surface area contributed by atoms with E-state index in [1.807, 2.05) is 0 Å². The molecule has 1 unspecified atom stereocenters. The number of hydrogen-bond acceptors (Lipinski definition) is 2. The molecule has 0 N–H and O–H groups in total. The summed E-state index contributed by atoms with van der Waals surface area (Å²) in [5.41, 5.74) is 0.252. The monoisotopic (exact) mass is 608 g/mol. The number of hydrogen-bond donors (Lipinski definition) is 0. The predicted molar refractivity (Wildman–Crippen MR) is 136 cm³/mol. The molecular formula is C22H30I2O2Si. The molecule has 0 fully saturated rings. The lowest BCUT2D eigenvalue weighted by Crippen LogP contribution is -2.46. The molecule has 0 saturated heterocycles.